The number of nitrogens with one attached hydrogen (secondary N) is 2. The predicted molar refractivity (Wildman–Crippen MR) is 66.8 cm³/mol. The van der Waals surface area contributed by atoms with E-state index in [4.69, 9.17) is 11.6 Å². The van der Waals surface area contributed by atoms with Gasteiger partial charge in [0, 0.05) is 12.3 Å². The van der Waals surface area contributed by atoms with Crippen LogP contribution in [0.4, 0.5) is 11.6 Å². The zero-order valence-electron chi connectivity index (χ0n) is 9.60. The van der Waals surface area contributed by atoms with E-state index in [0.29, 0.717) is 5.82 Å². The van der Waals surface area contributed by atoms with Gasteiger partial charge in [0.15, 0.2) is 5.82 Å². The number of hydrogen-bond acceptors (Lipinski definition) is 6. The number of nitrogens with zero attached hydrogens (tertiary/aromatic N) is 3. The summed E-state index contributed by atoms with van der Waals surface area (Å²) in [4.78, 5) is 7.52. The molecule has 7 nitrogen and oxygen atoms in total. The first-order chi connectivity index (χ1) is 8.36. The van der Waals surface area contributed by atoms with E-state index >= 15 is 0 Å². The first kappa shape index (κ1) is 12.8. The molecule has 18 heavy (non-hydrogen) atoms. The highest BCUT2D eigenvalue weighted by Gasteiger charge is 2.14. The van der Waals surface area contributed by atoms with E-state index in [1.54, 1.807) is 6.07 Å². The number of aryl methyl sites for hydroxylation is 1. The van der Waals surface area contributed by atoms with E-state index in [9.17, 15) is 8.42 Å². The Kier molecular flexibility index (Phi) is 3.22. The Balaban J connectivity index is 2.38. The van der Waals surface area contributed by atoms with Crippen molar-refractivity contribution in [3.8, 4) is 0 Å². The lowest BCUT2D eigenvalue weighted by Gasteiger charge is -2.05. The van der Waals surface area contributed by atoms with Gasteiger partial charge in [-0.3, -0.25) is 5.10 Å². The maximum Gasteiger partial charge on any atom is 0.248 e. The summed E-state index contributed by atoms with van der Waals surface area (Å²) in [6.45, 7) is 1.81. The monoisotopic (exact) mass is 287 g/mol. The summed E-state index contributed by atoms with van der Waals surface area (Å²) in [6.07, 6.45) is 2.26. The first-order valence-electron chi connectivity index (χ1n) is 4.88. The van der Waals surface area contributed by atoms with Crippen molar-refractivity contribution in [1.29, 1.82) is 0 Å². The van der Waals surface area contributed by atoms with Gasteiger partial charge < -0.3 is 5.32 Å². The molecular formula is C9H10ClN5O2S. The topological polar surface area (TPSA) is 101 Å². The number of halogens is 1. The van der Waals surface area contributed by atoms with E-state index in [1.807, 2.05) is 6.92 Å². The van der Waals surface area contributed by atoms with Gasteiger partial charge >= 0.3 is 0 Å². The van der Waals surface area contributed by atoms with Gasteiger partial charge in [0.25, 0.3) is 0 Å². The van der Waals surface area contributed by atoms with Crippen molar-refractivity contribution in [2.75, 3.05) is 11.6 Å². The fourth-order valence-corrected chi connectivity index (χ4v) is 1.87. The van der Waals surface area contributed by atoms with E-state index < -0.39 is 9.84 Å². The highest BCUT2D eigenvalue weighted by atomic mass is 35.5. The predicted octanol–water partition coefficient (Wildman–Crippen LogP) is 1.31. The van der Waals surface area contributed by atoms with Crippen LogP contribution in [0.5, 0.6) is 0 Å². The quantitative estimate of drug-likeness (QED) is 0.826. The van der Waals surface area contributed by atoms with Crippen LogP contribution in [-0.4, -0.2) is 34.8 Å². The normalized spacial score (nSPS) is 11.5. The zero-order chi connectivity index (χ0) is 13.3. The summed E-state index contributed by atoms with van der Waals surface area (Å²) >= 11 is 5.89. The molecule has 0 aliphatic carbocycles. The molecule has 2 aromatic heterocycles. The van der Waals surface area contributed by atoms with Crippen LogP contribution in [0.1, 0.15) is 5.69 Å². The SMILES string of the molecule is Cc1cc(Nc2nc(S(C)(=O)=O)ncc2Cl)[nH]n1. The summed E-state index contributed by atoms with van der Waals surface area (Å²) in [6, 6.07) is 1.73. The molecule has 2 rings (SSSR count). The van der Waals surface area contributed by atoms with Crippen molar-refractivity contribution in [3.05, 3.63) is 23.0 Å². The smallest absolute Gasteiger partial charge is 0.248 e. The number of aromatic nitrogens is 4. The van der Waals surface area contributed by atoms with Crippen molar-refractivity contribution in [2.45, 2.75) is 12.1 Å². The zero-order valence-corrected chi connectivity index (χ0v) is 11.2. The van der Waals surface area contributed by atoms with E-state index in [-0.39, 0.29) is 16.0 Å². The molecule has 0 atom stereocenters. The third-order valence-corrected chi connectivity index (χ3v) is 3.15. The van der Waals surface area contributed by atoms with Crippen molar-refractivity contribution < 1.29 is 8.42 Å². The minimum absolute atomic E-state index is 0.204. The van der Waals surface area contributed by atoms with Crippen molar-refractivity contribution in [3.63, 3.8) is 0 Å². The van der Waals surface area contributed by atoms with Crippen LogP contribution in [0.3, 0.4) is 0 Å². The second-order valence-corrected chi connectivity index (χ2v) is 5.99. The molecule has 2 aromatic rings. The molecule has 2 N–H and O–H groups in total. The summed E-state index contributed by atoms with van der Waals surface area (Å²) in [5.74, 6) is 0.767. The summed E-state index contributed by atoms with van der Waals surface area (Å²) in [7, 11) is -3.48. The van der Waals surface area contributed by atoms with Gasteiger partial charge in [-0.05, 0) is 6.92 Å². The standard InChI is InChI=1S/C9H10ClN5O2S/c1-5-3-7(15-14-5)12-8-6(10)4-11-9(13-8)18(2,16)17/h3-4H,1-2H3,(H2,11,12,13,14,15). The highest BCUT2D eigenvalue weighted by Crippen LogP contribution is 2.22. The third-order valence-electron chi connectivity index (χ3n) is 2.01. The Morgan fingerprint density at radius 2 is 2.17 bits per heavy atom. The molecular weight excluding hydrogens is 278 g/mol. The van der Waals surface area contributed by atoms with Crippen molar-refractivity contribution >= 4 is 33.1 Å². The van der Waals surface area contributed by atoms with E-state index in [2.05, 4.69) is 25.5 Å². The Bertz CT molecular complexity index is 682. The molecule has 0 aliphatic heterocycles. The molecule has 0 bridgehead atoms. The molecule has 0 saturated heterocycles. The third kappa shape index (κ3) is 2.77. The summed E-state index contributed by atoms with van der Waals surface area (Å²) in [5, 5.41) is 9.40. The number of sulfone groups is 1. The van der Waals surface area contributed by atoms with Crippen molar-refractivity contribution in [1.82, 2.24) is 20.2 Å². The molecule has 0 spiro atoms. The lowest BCUT2D eigenvalue weighted by Crippen LogP contribution is -2.06. The van der Waals surface area contributed by atoms with Crippen LogP contribution in [-0.2, 0) is 9.84 Å². The van der Waals surface area contributed by atoms with Crippen LogP contribution >= 0.6 is 11.6 Å². The minimum Gasteiger partial charge on any atom is -0.324 e. The number of rotatable bonds is 3. The Morgan fingerprint density at radius 3 is 2.72 bits per heavy atom. The van der Waals surface area contributed by atoms with Crippen LogP contribution in [0.25, 0.3) is 0 Å². The number of aromatic amines is 1. The van der Waals surface area contributed by atoms with Crippen LogP contribution in [0.2, 0.25) is 5.02 Å². The van der Waals surface area contributed by atoms with Crippen LogP contribution in [0, 0.1) is 6.92 Å². The Morgan fingerprint density at radius 1 is 1.44 bits per heavy atom. The molecule has 9 heteroatoms. The average Bonchev–Trinajstić information content (AvgIpc) is 2.66. The molecule has 0 aliphatic rings. The van der Waals surface area contributed by atoms with Gasteiger partial charge in [-0.15, -0.1) is 0 Å². The molecule has 0 amide bonds. The van der Waals surface area contributed by atoms with Gasteiger partial charge in [-0.2, -0.15) is 10.1 Å². The second-order valence-electron chi connectivity index (χ2n) is 3.67. The van der Waals surface area contributed by atoms with E-state index in [0.717, 1.165) is 11.9 Å². The van der Waals surface area contributed by atoms with Gasteiger partial charge in [0.2, 0.25) is 15.0 Å². The Labute approximate surface area is 109 Å². The lowest BCUT2D eigenvalue weighted by atomic mass is 10.4. The maximum atomic E-state index is 11.3. The first-order valence-corrected chi connectivity index (χ1v) is 7.15. The minimum atomic E-state index is -3.48. The second kappa shape index (κ2) is 4.54. The van der Waals surface area contributed by atoms with Gasteiger partial charge in [0.1, 0.15) is 10.8 Å². The molecule has 96 valence electrons. The lowest BCUT2D eigenvalue weighted by molar-refractivity contribution is 0.593. The molecule has 0 radical (unpaired) electrons. The highest BCUT2D eigenvalue weighted by molar-refractivity contribution is 7.90. The molecule has 0 unspecified atom stereocenters. The maximum absolute atomic E-state index is 11.3. The fraction of sp³-hybridized carbons (Fsp3) is 0.222. The number of H-pyrrole nitrogens is 1. The van der Waals surface area contributed by atoms with Crippen LogP contribution < -0.4 is 5.32 Å². The van der Waals surface area contributed by atoms with Gasteiger partial charge in [-0.1, -0.05) is 11.6 Å². The number of anilines is 2. The van der Waals surface area contributed by atoms with Gasteiger partial charge in [0.05, 0.1) is 11.9 Å². The molecule has 0 fully saturated rings. The molecule has 0 saturated carbocycles. The molecule has 2 heterocycles. The number of hydrogen-bond donors (Lipinski definition) is 2. The fourth-order valence-electron chi connectivity index (χ4n) is 1.23. The van der Waals surface area contributed by atoms with Gasteiger partial charge in [-0.25, -0.2) is 13.4 Å². The van der Waals surface area contributed by atoms with E-state index in [1.165, 1.54) is 6.20 Å². The Hall–Kier alpha value is -1.67. The van der Waals surface area contributed by atoms with Crippen molar-refractivity contribution in [2.24, 2.45) is 0 Å². The molecule has 0 aromatic carbocycles. The largest absolute Gasteiger partial charge is 0.324 e. The van der Waals surface area contributed by atoms with Crippen LogP contribution in [0.15, 0.2) is 17.4 Å². The average molecular weight is 288 g/mol. The summed E-state index contributed by atoms with van der Waals surface area (Å²) < 4.78 is 22.7. The summed E-state index contributed by atoms with van der Waals surface area (Å²) in [5.41, 5.74) is 0.783.